The Hall–Kier alpha value is -1.88. The minimum absolute atomic E-state index is 0.0226. The number of benzene rings is 1. The zero-order valence-electron chi connectivity index (χ0n) is 10.7. The summed E-state index contributed by atoms with van der Waals surface area (Å²) >= 11 is 0. The molecule has 1 amide bonds. The lowest BCUT2D eigenvalue weighted by Crippen LogP contribution is -2.25. The monoisotopic (exact) mass is 262 g/mol. The van der Waals surface area contributed by atoms with E-state index >= 15 is 0 Å². The molecule has 0 aliphatic carbocycles. The van der Waals surface area contributed by atoms with E-state index < -0.39 is 5.97 Å². The molecule has 1 unspecified atom stereocenters. The van der Waals surface area contributed by atoms with Crippen LogP contribution >= 0.6 is 0 Å². The Bertz CT molecular complexity index is 468. The van der Waals surface area contributed by atoms with Gasteiger partial charge in [0.2, 0.25) is 5.91 Å². The standard InChI is InChI=1S/C14H18N2O3/c17-13(7-11-4-5-15-8-11)16-9-10-2-1-3-12(6-10)14(18)19/h1-3,6,11,15H,4-5,7-9H2,(H,16,17)(H,18,19). The average molecular weight is 262 g/mol. The van der Waals surface area contributed by atoms with Crippen molar-refractivity contribution in [1.29, 1.82) is 0 Å². The molecule has 1 heterocycles. The summed E-state index contributed by atoms with van der Waals surface area (Å²) in [6.07, 6.45) is 1.58. The van der Waals surface area contributed by atoms with E-state index in [9.17, 15) is 9.59 Å². The van der Waals surface area contributed by atoms with Crippen molar-refractivity contribution < 1.29 is 14.7 Å². The van der Waals surface area contributed by atoms with Crippen LogP contribution in [0.5, 0.6) is 0 Å². The van der Waals surface area contributed by atoms with Crippen molar-refractivity contribution in [2.45, 2.75) is 19.4 Å². The molecule has 5 nitrogen and oxygen atoms in total. The fourth-order valence-electron chi connectivity index (χ4n) is 2.24. The molecule has 3 N–H and O–H groups in total. The first-order chi connectivity index (χ1) is 9.15. The van der Waals surface area contributed by atoms with E-state index in [1.807, 2.05) is 6.07 Å². The zero-order chi connectivity index (χ0) is 13.7. The third-order valence-electron chi connectivity index (χ3n) is 3.30. The second-order valence-electron chi connectivity index (χ2n) is 4.85. The van der Waals surface area contributed by atoms with Gasteiger partial charge >= 0.3 is 5.97 Å². The average Bonchev–Trinajstić information content (AvgIpc) is 2.89. The molecule has 1 atom stereocenters. The smallest absolute Gasteiger partial charge is 0.335 e. The Morgan fingerprint density at radius 1 is 1.42 bits per heavy atom. The Morgan fingerprint density at radius 3 is 2.95 bits per heavy atom. The largest absolute Gasteiger partial charge is 0.478 e. The van der Waals surface area contributed by atoms with E-state index in [1.54, 1.807) is 12.1 Å². The van der Waals surface area contributed by atoms with Gasteiger partial charge in [0.05, 0.1) is 5.56 Å². The lowest BCUT2D eigenvalue weighted by Gasteiger charge is -2.09. The number of rotatable bonds is 5. The normalized spacial score (nSPS) is 18.2. The highest BCUT2D eigenvalue weighted by molar-refractivity contribution is 5.87. The predicted octanol–water partition coefficient (Wildman–Crippen LogP) is 1.00. The fourth-order valence-corrected chi connectivity index (χ4v) is 2.24. The number of carbonyl (C=O) groups is 2. The third-order valence-corrected chi connectivity index (χ3v) is 3.30. The molecule has 1 saturated heterocycles. The first kappa shape index (κ1) is 13.5. The van der Waals surface area contributed by atoms with Gasteiger partial charge in [0.1, 0.15) is 0 Å². The van der Waals surface area contributed by atoms with Gasteiger partial charge in [-0.1, -0.05) is 12.1 Å². The third kappa shape index (κ3) is 4.06. The molecule has 1 aliphatic heterocycles. The summed E-state index contributed by atoms with van der Waals surface area (Å²) in [7, 11) is 0. The lowest BCUT2D eigenvalue weighted by molar-refractivity contribution is -0.122. The number of hydrogen-bond acceptors (Lipinski definition) is 3. The van der Waals surface area contributed by atoms with E-state index in [0.29, 0.717) is 18.9 Å². The highest BCUT2D eigenvalue weighted by Gasteiger charge is 2.17. The maximum Gasteiger partial charge on any atom is 0.335 e. The molecule has 0 spiro atoms. The Morgan fingerprint density at radius 2 is 2.26 bits per heavy atom. The van der Waals surface area contributed by atoms with Gasteiger partial charge in [-0.3, -0.25) is 4.79 Å². The first-order valence-corrected chi connectivity index (χ1v) is 6.45. The van der Waals surface area contributed by atoms with Crippen LogP contribution in [-0.4, -0.2) is 30.1 Å². The number of nitrogens with one attached hydrogen (secondary N) is 2. The Balaban J connectivity index is 1.82. The summed E-state index contributed by atoms with van der Waals surface area (Å²) in [6, 6.07) is 6.62. The summed E-state index contributed by atoms with van der Waals surface area (Å²) in [5.41, 5.74) is 1.05. The zero-order valence-corrected chi connectivity index (χ0v) is 10.7. The van der Waals surface area contributed by atoms with Gasteiger partial charge in [0.15, 0.2) is 0 Å². The number of carboxylic acid groups (broad SMARTS) is 1. The van der Waals surface area contributed by atoms with Crippen LogP contribution in [-0.2, 0) is 11.3 Å². The summed E-state index contributed by atoms with van der Waals surface area (Å²) in [5.74, 6) is -0.509. The molecule has 0 bridgehead atoms. The maximum absolute atomic E-state index is 11.7. The van der Waals surface area contributed by atoms with E-state index in [0.717, 1.165) is 25.1 Å². The minimum Gasteiger partial charge on any atom is -0.478 e. The Kier molecular flexibility index (Phi) is 4.52. The summed E-state index contributed by atoms with van der Waals surface area (Å²) in [4.78, 5) is 22.6. The van der Waals surface area contributed by atoms with Crippen molar-refractivity contribution in [2.24, 2.45) is 5.92 Å². The highest BCUT2D eigenvalue weighted by Crippen LogP contribution is 2.12. The van der Waals surface area contributed by atoms with Crippen LogP contribution in [0.2, 0.25) is 0 Å². The van der Waals surface area contributed by atoms with Gasteiger partial charge in [0, 0.05) is 13.0 Å². The minimum atomic E-state index is -0.954. The number of amides is 1. The topological polar surface area (TPSA) is 78.4 Å². The number of aromatic carboxylic acids is 1. The van der Waals surface area contributed by atoms with Crippen LogP contribution in [0, 0.1) is 5.92 Å². The van der Waals surface area contributed by atoms with Gasteiger partial charge in [0.25, 0.3) is 0 Å². The van der Waals surface area contributed by atoms with Gasteiger partial charge in [-0.15, -0.1) is 0 Å². The van der Waals surface area contributed by atoms with Crippen molar-refractivity contribution in [2.75, 3.05) is 13.1 Å². The highest BCUT2D eigenvalue weighted by atomic mass is 16.4. The molecular formula is C14H18N2O3. The maximum atomic E-state index is 11.7. The Labute approximate surface area is 112 Å². The molecule has 0 radical (unpaired) electrons. The molecule has 0 saturated carbocycles. The molecule has 1 fully saturated rings. The van der Waals surface area contributed by atoms with Crippen LogP contribution in [0.1, 0.15) is 28.8 Å². The lowest BCUT2D eigenvalue weighted by atomic mass is 10.0. The van der Waals surface area contributed by atoms with Crippen molar-refractivity contribution in [3.05, 3.63) is 35.4 Å². The van der Waals surface area contributed by atoms with E-state index in [2.05, 4.69) is 10.6 Å². The van der Waals surface area contributed by atoms with Crippen LogP contribution in [0.15, 0.2) is 24.3 Å². The molecular weight excluding hydrogens is 244 g/mol. The molecule has 19 heavy (non-hydrogen) atoms. The fraction of sp³-hybridized carbons (Fsp3) is 0.429. The number of carboxylic acids is 1. The molecule has 1 aromatic rings. The van der Waals surface area contributed by atoms with E-state index in [4.69, 9.17) is 5.11 Å². The predicted molar refractivity (Wildman–Crippen MR) is 70.8 cm³/mol. The quantitative estimate of drug-likeness (QED) is 0.739. The molecule has 0 aromatic heterocycles. The van der Waals surface area contributed by atoms with Gasteiger partial charge in [-0.25, -0.2) is 4.79 Å². The van der Waals surface area contributed by atoms with Crippen molar-refractivity contribution in [3.63, 3.8) is 0 Å². The van der Waals surface area contributed by atoms with Crippen LogP contribution in [0.3, 0.4) is 0 Å². The van der Waals surface area contributed by atoms with Gasteiger partial charge in [-0.05, 0) is 43.1 Å². The van der Waals surface area contributed by atoms with Crippen molar-refractivity contribution >= 4 is 11.9 Å². The summed E-state index contributed by atoms with van der Waals surface area (Å²) in [6.45, 7) is 2.26. The molecule has 5 heteroatoms. The molecule has 102 valence electrons. The summed E-state index contributed by atoms with van der Waals surface area (Å²) < 4.78 is 0. The van der Waals surface area contributed by atoms with Crippen molar-refractivity contribution in [3.8, 4) is 0 Å². The molecule has 1 aromatic carbocycles. The molecule has 1 aliphatic rings. The second-order valence-corrected chi connectivity index (χ2v) is 4.85. The van der Waals surface area contributed by atoms with E-state index in [1.165, 1.54) is 6.07 Å². The first-order valence-electron chi connectivity index (χ1n) is 6.45. The number of carbonyl (C=O) groups excluding carboxylic acids is 1. The molecule has 2 rings (SSSR count). The van der Waals surface area contributed by atoms with Crippen LogP contribution in [0.25, 0.3) is 0 Å². The van der Waals surface area contributed by atoms with E-state index in [-0.39, 0.29) is 11.5 Å². The number of hydrogen-bond donors (Lipinski definition) is 3. The second kappa shape index (κ2) is 6.33. The summed E-state index contributed by atoms with van der Waals surface area (Å²) in [5, 5.41) is 14.9. The van der Waals surface area contributed by atoms with Crippen LogP contribution < -0.4 is 10.6 Å². The van der Waals surface area contributed by atoms with Gasteiger partial charge in [-0.2, -0.15) is 0 Å². The van der Waals surface area contributed by atoms with Gasteiger partial charge < -0.3 is 15.7 Å². The van der Waals surface area contributed by atoms with Crippen molar-refractivity contribution in [1.82, 2.24) is 10.6 Å². The SMILES string of the molecule is O=C(CC1CCNC1)NCc1cccc(C(=O)O)c1. The van der Waals surface area contributed by atoms with Crippen LogP contribution in [0.4, 0.5) is 0 Å².